The average Bonchev–Trinajstić information content (AvgIpc) is 2.93. The molecule has 3 aromatic heterocycles. The van der Waals surface area contributed by atoms with E-state index in [-0.39, 0.29) is 17.2 Å². The molecule has 0 saturated heterocycles. The number of nitrogens with zero attached hydrogens (tertiary/aromatic N) is 5. The molecule has 0 saturated carbocycles. The highest BCUT2D eigenvalue weighted by molar-refractivity contribution is 6.07. The van der Waals surface area contributed by atoms with Gasteiger partial charge in [-0.1, -0.05) is 0 Å². The topological polar surface area (TPSA) is 112 Å². The van der Waals surface area contributed by atoms with E-state index in [1.54, 1.807) is 26.2 Å². The Labute approximate surface area is 136 Å². The van der Waals surface area contributed by atoms with Crippen LogP contribution in [0.25, 0.3) is 11.3 Å². The van der Waals surface area contributed by atoms with E-state index in [9.17, 15) is 9.18 Å². The van der Waals surface area contributed by atoms with Gasteiger partial charge in [0.25, 0.3) is 5.91 Å². The van der Waals surface area contributed by atoms with Gasteiger partial charge in [0.05, 0.1) is 29.3 Å². The maximum absolute atomic E-state index is 13.8. The Morgan fingerprint density at radius 1 is 1.33 bits per heavy atom. The number of aromatic nitrogens is 5. The number of anilines is 2. The molecule has 0 fully saturated rings. The molecule has 3 rings (SSSR count). The van der Waals surface area contributed by atoms with Crippen molar-refractivity contribution in [2.24, 2.45) is 7.05 Å². The molecule has 0 aliphatic heterocycles. The van der Waals surface area contributed by atoms with Crippen LogP contribution in [0.3, 0.4) is 0 Å². The van der Waals surface area contributed by atoms with Crippen molar-refractivity contribution in [3.05, 3.63) is 48.1 Å². The molecule has 0 aliphatic carbocycles. The third-order valence-electron chi connectivity index (χ3n) is 3.33. The number of nitrogens with one attached hydrogen (secondary N) is 1. The van der Waals surface area contributed by atoms with Crippen molar-refractivity contribution in [2.45, 2.75) is 6.92 Å². The van der Waals surface area contributed by atoms with Gasteiger partial charge in [-0.3, -0.25) is 9.48 Å². The molecule has 0 aromatic carbocycles. The van der Waals surface area contributed by atoms with Crippen LogP contribution in [0.2, 0.25) is 0 Å². The molecule has 1 amide bonds. The second-order valence-corrected chi connectivity index (χ2v) is 5.06. The van der Waals surface area contributed by atoms with Crippen LogP contribution in [0.15, 0.2) is 30.7 Å². The summed E-state index contributed by atoms with van der Waals surface area (Å²) in [5, 5.41) is 6.57. The lowest BCUT2D eigenvalue weighted by Crippen LogP contribution is -2.18. The van der Waals surface area contributed by atoms with E-state index in [0.29, 0.717) is 17.1 Å². The summed E-state index contributed by atoms with van der Waals surface area (Å²) >= 11 is 0. The average molecular weight is 327 g/mol. The number of hydrogen-bond donors (Lipinski definition) is 2. The Morgan fingerprint density at radius 3 is 2.88 bits per heavy atom. The van der Waals surface area contributed by atoms with Gasteiger partial charge in [-0.25, -0.2) is 19.3 Å². The molecule has 122 valence electrons. The Morgan fingerprint density at radius 2 is 2.12 bits per heavy atom. The van der Waals surface area contributed by atoms with Gasteiger partial charge < -0.3 is 11.1 Å². The van der Waals surface area contributed by atoms with Crippen molar-refractivity contribution in [1.29, 1.82) is 0 Å². The van der Waals surface area contributed by atoms with E-state index in [4.69, 9.17) is 5.73 Å². The predicted octanol–water partition coefficient (Wildman–Crippen LogP) is 1.55. The smallest absolute Gasteiger partial charge is 0.274 e. The van der Waals surface area contributed by atoms with Gasteiger partial charge in [-0.15, -0.1) is 0 Å². The molecule has 24 heavy (non-hydrogen) atoms. The van der Waals surface area contributed by atoms with Gasteiger partial charge in [0.2, 0.25) is 0 Å². The van der Waals surface area contributed by atoms with Crippen LogP contribution >= 0.6 is 0 Å². The largest absolute Gasteiger partial charge is 0.384 e. The Bertz CT molecular complexity index is 922. The zero-order chi connectivity index (χ0) is 17.3. The molecule has 0 spiro atoms. The van der Waals surface area contributed by atoms with Crippen LogP contribution in [0.4, 0.5) is 15.9 Å². The number of nitrogens with two attached hydrogens (primary N) is 1. The number of rotatable bonds is 3. The molecule has 0 radical (unpaired) electrons. The van der Waals surface area contributed by atoms with E-state index < -0.39 is 11.7 Å². The summed E-state index contributed by atoms with van der Waals surface area (Å²) in [7, 11) is 1.61. The fraction of sp³-hybridized carbons (Fsp3) is 0.133. The van der Waals surface area contributed by atoms with Crippen molar-refractivity contribution < 1.29 is 9.18 Å². The highest BCUT2D eigenvalue weighted by Crippen LogP contribution is 2.23. The lowest BCUT2D eigenvalue weighted by Gasteiger charge is -2.09. The summed E-state index contributed by atoms with van der Waals surface area (Å²) < 4.78 is 15.2. The first kappa shape index (κ1) is 15.5. The fourth-order valence-electron chi connectivity index (χ4n) is 2.23. The summed E-state index contributed by atoms with van der Waals surface area (Å²) in [6.07, 6.45) is 4.06. The quantitative estimate of drug-likeness (QED) is 0.755. The number of nitrogen functional groups attached to an aromatic ring is 1. The van der Waals surface area contributed by atoms with Gasteiger partial charge >= 0.3 is 0 Å². The lowest BCUT2D eigenvalue weighted by atomic mass is 10.1. The summed E-state index contributed by atoms with van der Waals surface area (Å²) in [4.78, 5) is 24.5. The minimum Gasteiger partial charge on any atom is -0.384 e. The standard InChI is InChI=1S/C15H14FN7O/c1-8-18-4-3-11(21-8)9-6-20-23(2)14(9)15(24)22-12-5-13(17)19-7-10(12)16/h3-7H,1-2H3,(H3,17,19,22,24). The third-order valence-corrected chi connectivity index (χ3v) is 3.33. The van der Waals surface area contributed by atoms with Crippen LogP contribution in [0.5, 0.6) is 0 Å². The molecule has 9 heteroatoms. The third kappa shape index (κ3) is 2.91. The second-order valence-electron chi connectivity index (χ2n) is 5.06. The highest BCUT2D eigenvalue weighted by atomic mass is 19.1. The van der Waals surface area contributed by atoms with E-state index in [0.717, 1.165) is 6.20 Å². The summed E-state index contributed by atoms with van der Waals surface area (Å²) in [6.45, 7) is 1.74. The second kappa shape index (κ2) is 6.03. The van der Waals surface area contributed by atoms with Crippen LogP contribution in [0.1, 0.15) is 16.3 Å². The predicted molar refractivity (Wildman–Crippen MR) is 85.5 cm³/mol. The number of halogens is 1. The zero-order valence-electron chi connectivity index (χ0n) is 13.0. The van der Waals surface area contributed by atoms with E-state index in [1.165, 1.54) is 16.9 Å². The minimum absolute atomic E-state index is 0.0569. The van der Waals surface area contributed by atoms with Crippen molar-refractivity contribution in [3.63, 3.8) is 0 Å². The molecular weight excluding hydrogens is 313 g/mol. The SMILES string of the molecule is Cc1nccc(-c2cnn(C)c2C(=O)Nc2cc(N)ncc2F)n1. The van der Waals surface area contributed by atoms with E-state index in [1.807, 2.05) is 0 Å². The number of carbonyl (C=O) groups is 1. The molecule has 0 atom stereocenters. The lowest BCUT2D eigenvalue weighted by molar-refractivity contribution is 0.101. The van der Waals surface area contributed by atoms with Gasteiger partial charge in [0.1, 0.15) is 17.3 Å². The molecule has 0 bridgehead atoms. The van der Waals surface area contributed by atoms with Crippen LogP contribution < -0.4 is 11.1 Å². The number of pyridine rings is 1. The number of carbonyl (C=O) groups excluding carboxylic acids is 1. The van der Waals surface area contributed by atoms with Crippen molar-refractivity contribution in [2.75, 3.05) is 11.1 Å². The van der Waals surface area contributed by atoms with Crippen LogP contribution in [-0.4, -0.2) is 30.6 Å². The van der Waals surface area contributed by atoms with Crippen molar-refractivity contribution in [3.8, 4) is 11.3 Å². The van der Waals surface area contributed by atoms with Gasteiger partial charge in [-0.05, 0) is 13.0 Å². The molecule has 0 unspecified atom stereocenters. The van der Waals surface area contributed by atoms with E-state index >= 15 is 0 Å². The first-order valence-corrected chi connectivity index (χ1v) is 7.00. The summed E-state index contributed by atoms with van der Waals surface area (Å²) in [6, 6.07) is 2.92. The van der Waals surface area contributed by atoms with Gasteiger partial charge in [0, 0.05) is 19.3 Å². The normalized spacial score (nSPS) is 10.6. The molecule has 3 aromatic rings. The van der Waals surface area contributed by atoms with Crippen molar-refractivity contribution in [1.82, 2.24) is 24.7 Å². The maximum atomic E-state index is 13.8. The molecular formula is C15H14FN7O. The highest BCUT2D eigenvalue weighted by Gasteiger charge is 2.20. The Kier molecular flexibility index (Phi) is 3.90. The molecule has 0 aliphatic rings. The molecule has 3 N–H and O–H groups in total. The first-order chi connectivity index (χ1) is 11.5. The van der Waals surface area contributed by atoms with Crippen LogP contribution in [0, 0.1) is 12.7 Å². The number of aryl methyl sites for hydroxylation is 2. The van der Waals surface area contributed by atoms with Crippen LogP contribution in [-0.2, 0) is 7.05 Å². The fourth-order valence-corrected chi connectivity index (χ4v) is 2.23. The number of hydrogen-bond acceptors (Lipinski definition) is 6. The monoisotopic (exact) mass is 327 g/mol. The minimum atomic E-state index is -0.681. The maximum Gasteiger partial charge on any atom is 0.274 e. The first-order valence-electron chi connectivity index (χ1n) is 7.00. The van der Waals surface area contributed by atoms with Gasteiger partial charge in [-0.2, -0.15) is 5.10 Å². The van der Waals surface area contributed by atoms with Gasteiger partial charge in [0.15, 0.2) is 5.82 Å². The summed E-state index contributed by atoms with van der Waals surface area (Å²) in [5.41, 5.74) is 6.78. The molecule has 3 heterocycles. The van der Waals surface area contributed by atoms with E-state index in [2.05, 4.69) is 25.4 Å². The zero-order valence-corrected chi connectivity index (χ0v) is 13.0. The Balaban J connectivity index is 1.99. The Hall–Kier alpha value is -3.36. The van der Waals surface area contributed by atoms with Crippen molar-refractivity contribution >= 4 is 17.4 Å². The summed E-state index contributed by atoms with van der Waals surface area (Å²) in [5.74, 6) is -0.552. The number of amides is 1. The molecule has 8 nitrogen and oxygen atoms in total.